The number of hydrogen-bond acceptors (Lipinski definition) is 5. The van der Waals surface area contributed by atoms with Crippen molar-refractivity contribution in [3.63, 3.8) is 0 Å². The van der Waals surface area contributed by atoms with E-state index in [1.54, 1.807) is 54.6 Å². The quantitative estimate of drug-likeness (QED) is 0.153. The van der Waals surface area contributed by atoms with Crippen molar-refractivity contribution in [2.24, 2.45) is 5.10 Å². The van der Waals surface area contributed by atoms with E-state index >= 15 is 0 Å². The monoisotopic (exact) mass is 502 g/mol. The molecule has 0 aliphatic rings. The molecule has 0 spiro atoms. The summed E-state index contributed by atoms with van der Waals surface area (Å²) < 4.78 is 17.7. The summed E-state index contributed by atoms with van der Waals surface area (Å²) in [5.41, 5.74) is 0.730. The van der Waals surface area contributed by atoms with Crippen LogP contribution in [-0.4, -0.2) is 6.21 Å². The molecule has 9 heteroatoms. The minimum Gasteiger partial charge on any atom is -0.455 e. The molecule has 1 heterocycles. The number of nitrogens with one attached hydrogen (secondary N) is 1. The molecule has 0 saturated heterocycles. The van der Waals surface area contributed by atoms with Crippen molar-refractivity contribution < 1.29 is 13.5 Å². The molecule has 0 aliphatic carbocycles. The van der Waals surface area contributed by atoms with Crippen LogP contribution in [0.25, 0.3) is 11.3 Å². The van der Waals surface area contributed by atoms with Crippen molar-refractivity contribution in [1.29, 1.82) is 0 Å². The summed E-state index contributed by atoms with van der Waals surface area (Å²) in [7, 11) is 0. The van der Waals surface area contributed by atoms with Crippen molar-refractivity contribution in [2.45, 2.75) is 0 Å². The second-order valence-corrected chi connectivity index (χ2v) is 10.3. The molecule has 1 aromatic heterocycles. The minimum absolute atomic E-state index is 0.497. The maximum atomic E-state index is 6.26. The maximum Gasteiger partial charge on any atom is 0.408 e. The average Bonchev–Trinajstić information content (AvgIpc) is 3.23. The first-order chi connectivity index (χ1) is 15.5. The van der Waals surface area contributed by atoms with Crippen LogP contribution < -0.4 is 14.2 Å². The molecule has 0 atom stereocenters. The molecule has 32 heavy (non-hydrogen) atoms. The Labute approximate surface area is 200 Å². The second-order valence-electron chi connectivity index (χ2n) is 6.49. The second kappa shape index (κ2) is 10.2. The van der Waals surface area contributed by atoms with E-state index < -0.39 is 6.64 Å². The summed E-state index contributed by atoms with van der Waals surface area (Å²) in [6.07, 6.45) is 1.50. The number of halogens is 2. The first-order valence-corrected chi connectivity index (χ1v) is 12.9. The fraction of sp³-hybridized carbons (Fsp3) is 0. The molecule has 0 fully saturated rings. The average molecular weight is 503 g/mol. The number of furan rings is 1. The van der Waals surface area contributed by atoms with Crippen molar-refractivity contribution in [2.75, 3.05) is 0 Å². The van der Waals surface area contributed by atoms with Crippen LogP contribution in [0.5, 0.6) is 11.5 Å². The van der Waals surface area contributed by atoms with Gasteiger partial charge in [-0.1, -0.05) is 59.6 Å². The lowest BCUT2D eigenvalue weighted by Gasteiger charge is -2.22. The Morgan fingerprint density at radius 1 is 0.844 bits per heavy atom. The van der Waals surface area contributed by atoms with E-state index in [1.165, 1.54) is 6.21 Å². The number of para-hydroxylation sites is 2. The van der Waals surface area contributed by atoms with Gasteiger partial charge in [-0.05, 0) is 54.6 Å². The molecule has 0 aliphatic heterocycles. The molecule has 162 valence electrons. The van der Waals surface area contributed by atoms with Crippen LogP contribution in [0.4, 0.5) is 0 Å². The number of nitrogens with zero attached hydrogens (tertiary/aromatic N) is 1. The van der Waals surface area contributed by atoms with Gasteiger partial charge in [-0.15, -0.1) is 0 Å². The molecule has 0 amide bonds. The first-order valence-electron chi connectivity index (χ1n) is 9.46. The van der Waals surface area contributed by atoms with Gasteiger partial charge in [-0.2, -0.15) is 5.10 Å². The summed E-state index contributed by atoms with van der Waals surface area (Å²) >= 11 is 17.9. The van der Waals surface area contributed by atoms with E-state index in [9.17, 15) is 0 Å². The summed E-state index contributed by atoms with van der Waals surface area (Å²) in [5.74, 6) is 2.24. The lowest BCUT2D eigenvalue weighted by atomic mass is 10.2. The van der Waals surface area contributed by atoms with E-state index in [0.29, 0.717) is 33.1 Å². The Kier molecular flexibility index (Phi) is 7.18. The zero-order valence-corrected chi connectivity index (χ0v) is 19.7. The van der Waals surface area contributed by atoms with E-state index in [4.69, 9.17) is 48.5 Å². The van der Waals surface area contributed by atoms with Crippen molar-refractivity contribution in [3.8, 4) is 22.8 Å². The Morgan fingerprint density at radius 2 is 1.47 bits per heavy atom. The predicted octanol–water partition coefficient (Wildman–Crippen LogP) is 7.56. The zero-order chi connectivity index (χ0) is 22.4. The Balaban J connectivity index is 1.51. The highest BCUT2D eigenvalue weighted by molar-refractivity contribution is 8.09. The van der Waals surface area contributed by atoms with Crippen molar-refractivity contribution in [3.05, 3.63) is 107 Å². The fourth-order valence-electron chi connectivity index (χ4n) is 2.72. The molecular weight excluding hydrogens is 486 g/mol. The SMILES string of the molecule is S=P(NN=Cc1ccc(-c2ccc(Cl)cc2Cl)o1)(Oc1ccccc1)Oc1ccccc1. The van der Waals surface area contributed by atoms with Crippen LogP contribution in [0.2, 0.25) is 10.0 Å². The molecule has 4 rings (SSSR count). The summed E-state index contributed by atoms with van der Waals surface area (Å²) in [5, 5.41) is 8.13. The number of hydrazone groups is 1. The molecule has 5 nitrogen and oxygen atoms in total. The van der Waals surface area contributed by atoms with Gasteiger partial charge in [0.05, 0.1) is 11.2 Å². The van der Waals surface area contributed by atoms with Crippen molar-refractivity contribution >= 4 is 47.9 Å². The minimum atomic E-state index is -3.06. The van der Waals surface area contributed by atoms with E-state index in [0.717, 1.165) is 5.56 Å². The van der Waals surface area contributed by atoms with Crippen LogP contribution in [-0.2, 0) is 11.8 Å². The molecule has 1 N–H and O–H groups in total. The van der Waals surface area contributed by atoms with Gasteiger partial charge in [0.2, 0.25) is 0 Å². The molecule has 4 aromatic rings. The Hall–Kier alpha value is -2.76. The topological polar surface area (TPSA) is 56.0 Å². The van der Waals surface area contributed by atoms with Gasteiger partial charge in [-0.25, -0.2) is 5.20 Å². The van der Waals surface area contributed by atoms with E-state index in [1.807, 2.05) is 36.4 Å². The number of benzene rings is 3. The fourth-order valence-corrected chi connectivity index (χ4v) is 5.00. The first kappa shape index (κ1) is 22.4. The zero-order valence-electron chi connectivity index (χ0n) is 16.5. The smallest absolute Gasteiger partial charge is 0.408 e. The van der Waals surface area contributed by atoms with Gasteiger partial charge in [0.15, 0.2) is 0 Å². The normalized spacial score (nSPS) is 11.4. The van der Waals surface area contributed by atoms with Gasteiger partial charge in [0.25, 0.3) is 0 Å². The van der Waals surface area contributed by atoms with Crippen LogP contribution >= 0.6 is 29.8 Å². The molecule has 0 unspecified atom stereocenters. The summed E-state index contributed by atoms with van der Waals surface area (Å²) in [4.78, 5) is 0. The maximum absolute atomic E-state index is 6.26. The van der Waals surface area contributed by atoms with E-state index in [2.05, 4.69) is 10.3 Å². The molecule has 0 bridgehead atoms. The van der Waals surface area contributed by atoms with E-state index in [-0.39, 0.29) is 0 Å². The van der Waals surface area contributed by atoms with Gasteiger partial charge in [0, 0.05) is 22.4 Å². The number of rotatable bonds is 8. The summed E-state index contributed by atoms with van der Waals surface area (Å²) in [6.45, 7) is -3.06. The van der Waals surface area contributed by atoms with Gasteiger partial charge < -0.3 is 13.5 Å². The standard InChI is InChI=1S/C23H17Cl2N2O3PS/c24-17-11-13-21(22(25)15-17)23-14-12-20(28-23)16-26-27-31(32,29-18-7-3-1-4-8-18)30-19-9-5-2-6-10-19/h1-16H,(H,27,32). The van der Waals surface area contributed by atoms with Gasteiger partial charge >= 0.3 is 6.64 Å². The predicted molar refractivity (Wildman–Crippen MR) is 133 cm³/mol. The third kappa shape index (κ3) is 5.93. The number of hydrogen-bond donors (Lipinski definition) is 1. The van der Waals surface area contributed by atoms with Crippen LogP contribution in [0, 0.1) is 0 Å². The molecule has 0 saturated carbocycles. The van der Waals surface area contributed by atoms with Crippen molar-refractivity contribution in [1.82, 2.24) is 5.20 Å². The van der Waals surface area contributed by atoms with Crippen LogP contribution in [0.1, 0.15) is 5.76 Å². The molecule has 3 aromatic carbocycles. The Bertz CT molecular complexity index is 1220. The van der Waals surface area contributed by atoms with Gasteiger partial charge in [-0.3, -0.25) is 0 Å². The molecular formula is C23H17Cl2N2O3PS. The largest absolute Gasteiger partial charge is 0.455 e. The lowest BCUT2D eigenvalue weighted by molar-refractivity contribution is 0.472. The highest BCUT2D eigenvalue weighted by Gasteiger charge is 2.22. The third-order valence-corrected chi connectivity index (χ3v) is 6.64. The Morgan fingerprint density at radius 3 is 2.06 bits per heavy atom. The third-order valence-electron chi connectivity index (χ3n) is 4.13. The van der Waals surface area contributed by atoms with Crippen LogP contribution in [0.3, 0.4) is 0 Å². The van der Waals surface area contributed by atoms with Crippen LogP contribution in [0.15, 0.2) is 101 Å². The highest BCUT2D eigenvalue weighted by Crippen LogP contribution is 2.45. The highest BCUT2D eigenvalue weighted by atomic mass is 35.5. The van der Waals surface area contributed by atoms with Gasteiger partial charge in [0.1, 0.15) is 23.0 Å². The lowest BCUT2D eigenvalue weighted by Crippen LogP contribution is -2.13. The summed E-state index contributed by atoms with van der Waals surface area (Å²) in [6, 6.07) is 27.2. The molecule has 0 radical (unpaired) electrons.